The average Bonchev–Trinajstić information content (AvgIpc) is 3.07. The van der Waals surface area contributed by atoms with Gasteiger partial charge in [0.25, 0.3) is 10.0 Å². The van der Waals surface area contributed by atoms with Gasteiger partial charge in [-0.25, -0.2) is 18.8 Å². The molecule has 0 aliphatic carbocycles. The summed E-state index contributed by atoms with van der Waals surface area (Å²) >= 11 is 1.45. The summed E-state index contributed by atoms with van der Waals surface area (Å²) in [5.41, 5.74) is 4.24. The summed E-state index contributed by atoms with van der Waals surface area (Å²) < 4.78 is 30.2. The van der Waals surface area contributed by atoms with Crippen LogP contribution in [0.5, 0.6) is 0 Å². The lowest BCUT2D eigenvalue weighted by molar-refractivity contribution is 0.494. The Morgan fingerprint density at radius 2 is 2.17 bits per heavy atom. The van der Waals surface area contributed by atoms with Crippen molar-refractivity contribution in [2.75, 3.05) is 12.3 Å². The van der Waals surface area contributed by atoms with Crippen molar-refractivity contribution in [1.82, 2.24) is 15.2 Å². The second kappa shape index (κ2) is 6.23. The van der Waals surface area contributed by atoms with E-state index in [1.807, 2.05) is 31.2 Å². The second-order valence-corrected chi connectivity index (χ2v) is 8.71. The quantitative estimate of drug-likeness (QED) is 0.605. The van der Waals surface area contributed by atoms with E-state index in [0.29, 0.717) is 24.6 Å². The van der Waals surface area contributed by atoms with E-state index < -0.39 is 14.9 Å². The summed E-state index contributed by atoms with van der Waals surface area (Å²) in [6.45, 7) is 3.80. The van der Waals surface area contributed by atoms with Crippen molar-refractivity contribution in [3.8, 4) is 0 Å². The lowest BCUT2D eigenvalue weighted by Crippen LogP contribution is -2.49. The minimum absolute atomic E-state index is 0.373. The SMILES string of the molecule is CC1=NC(C)(S(=O)(=O)NNCCc2nc3ccccc3o2)CS1. The number of rotatable bonds is 6. The lowest BCUT2D eigenvalue weighted by atomic mass is 10.3. The largest absolute Gasteiger partial charge is 0.441 e. The van der Waals surface area contributed by atoms with Crippen LogP contribution in [-0.2, 0) is 16.4 Å². The van der Waals surface area contributed by atoms with Gasteiger partial charge in [-0.3, -0.25) is 4.99 Å². The summed E-state index contributed by atoms with van der Waals surface area (Å²) in [7, 11) is -3.59. The van der Waals surface area contributed by atoms with E-state index in [4.69, 9.17) is 4.42 Å². The van der Waals surface area contributed by atoms with Gasteiger partial charge >= 0.3 is 0 Å². The van der Waals surface area contributed by atoms with Gasteiger partial charge in [0.2, 0.25) is 0 Å². The molecule has 0 saturated heterocycles. The highest BCUT2D eigenvalue weighted by Crippen LogP contribution is 2.31. The smallest absolute Gasteiger partial charge is 0.250 e. The number of para-hydroxylation sites is 2. The highest BCUT2D eigenvalue weighted by Gasteiger charge is 2.42. The number of sulfonamides is 1. The monoisotopic (exact) mass is 354 g/mol. The molecule has 124 valence electrons. The van der Waals surface area contributed by atoms with Crippen LogP contribution in [0.4, 0.5) is 0 Å². The van der Waals surface area contributed by atoms with Crippen LogP contribution >= 0.6 is 11.8 Å². The van der Waals surface area contributed by atoms with Crippen molar-refractivity contribution in [2.45, 2.75) is 25.1 Å². The molecule has 1 aromatic heterocycles. The number of aromatic nitrogens is 1. The molecule has 2 N–H and O–H groups in total. The third-order valence-electron chi connectivity index (χ3n) is 3.53. The average molecular weight is 354 g/mol. The van der Waals surface area contributed by atoms with Crippen molar-refractivity contribution < 1.29 is 12.8 Å². The summed E-state index contributed by atoms with van der Waals surface area (Å²) in [6.07, 6.45) is 0.477. The molecule has 3 rings (SSSR count). The molecule has 1 aliphatic heterocycles. The highest BCUT2D eigenvalue weighted by atomic mass is 32.2. The molecule has 2 heterocycles. The molecular formula is C14H18N4O3S2. The summed E-state index contributed by atoms with van der Waals surface area (Å²) in [5.74, 6) is 0.982. The fourth-order valence-electron chi connectivity index (χ4n) is 2.23. The first-order valence-corrected chi connectivity index (χ1v) is 9.64. The van der Waals surface area contributed by atoms with Crippen molar-refractivity contribution in [1.29, 1.82) is 0 Å². The van der Waals surface area contributed by atoms with Gasteiger partial charge in [-0.15, -0.1) is 16.6 Å². The number of benzene rings is 1. The fraction of sp³-hybridized carbons (Fsp3) is 0.429. The van der Waals surface area contributed by atoms with E-state index >= 15 is 0 Å². The van der Waals surface area contributed by atoms with Crippen LogP contribution in [0.25, 0.3) is 11.1 Å². The Bertz CT molecular complexity index is 814. The number of hydrogen-bond donors (Lipinski definition) is 2. The third-order valence-corrected chi connectivity index (χ3v) is 6.74. The van der Waals surface area contributed by atoms with Gasteiger partial charge in [-0.1, -0.05) is 12.1 Å². The van der Waals surface area contributed by atoms with Gasteiger partial charge in [0.05, 0.1) is 5.04 Å². The first-order valence-electron chi connectivity index (χ1n) is 7.18. The number of hydrazine groups is 1. The van der Waals surface area contributed by atoms with Crippen molar-refractivity contribution in [3.63, 3.8) is 0 Å². The summed E-state index contributed by atoms with van der Waals surface area (Å²) in [4.78, 5) is 9.82. The second-order valence-electron chi connectivity index (χ2n) is 5.45. The van der Waals surface area contributed by atoms with Gasteiger partial charge in [0.1, 0.15) is 5.52 Å². The molecule has 1 unspecified atom stereocenters. The molecule has 23 heavy (non-hydrogen) atoms. The molecule has 9 heteroatoms. The van der Waals surface area contributed by atoms with Crippen LogP contribution in [0, 0.1) is 0 Å². The van der Waals surface area contributed by atoms with E-state index in [2.05, 4.69) is 20.2 Å². The maximum absolute atomic E-state index is 12.3. The molecular weight excluding hydrogens is 336 g/mol. The first kappa shape index (κ1) is 16.4. The molecule has 2 aromatic rings. The molecule has 0 radical (unpaired) electrons. The van der Waals surface area contributed by atoms with Crippen molar-refractivity contribution in [3.05, 3.63) is 30.2 Å². The Balaban J connectivity index is 1.55. The van der Waals surface area contributed by atoms with E-state index in [-0.39, 0.29) is 0 Å². The van der Waals surface area contributed by atoms with E-state index in [1.54, 1.807) is 6.92 Å². The maximum atomic E-state index is 12.3. The number of thioether (sulfide) groups is 1. The molecule has 1 atom stereocenters. The Morgan fingerprint density at radius 3 is 2.87 bits per heavy atom. The molecule has 0 saturated carbocycles. The number of fused-ring (bicyclic) bond motifs is 1. The number of hydrogen-bond acceptors (Lipinski definition) is 7. The van der Waals surface area contributed by atoms with Gasteiger partial charge in [0.15, 0.2) is 16.3 Å². The summed E-state index contributed by atoms with van der Waals surface area (Å²) in [6, 6.07) is 7.49. The topological polar surface area (TPSA) is 96.6 Å². The highest BCUT2D eigenvalue weighted by molar-refractivity contribution is 8.15. The van der Waals surface area contributed by atoms with E-state index in [9.17, 15) is 8.42 Å². The zero-order chi connectivity index (χ0) is 16.5. The molecule has 0 amide bonds. The normalized spacial score (nSPS) is 21.7. The molecule has 0 spiro atoms. The van der Waals surface area contributed by atoms with Crippen molar-refractivity contribution in [2.24, 2.45) is 4.99 Å². The van der Waals surface area contributed by atoms with Crippen LogP contribution in [-0.4, -0.2) is 35.6 Å². The minimum atomic E-state index is -3.59. The van der Waals surface area contributed by atoms with Crippen LogP contribution in [0.1, 0.15) is 19.7 Å². The Labute approximate surface area is 139 Å². The fourth-order valence-corrected chi connectivity index (χ4v) is 4.66. The predicted octanol–water partition coefficient (Wildman–Crippen LogP) is 1.68. The van der Waals surface area contributed by atoms with Crippen LogP contribution in [0.15, 0.2) is 33.7 Å². The molecule has 0 bridgehead atoms. The Morgan fingerprint density at radius 1 is 1.39 bits per heavy atom. The zero-order valence-corrected chi connectivity index (χ0v) is 14.5. The summed E-state index contributed by atoms with van der Waals surface area (Å²) in [5, 5.41) is 0.782. The minimum Gasteiger partial charge on any atom is -0.441 e. The lowest BCUT2D eigenvalue weighted by Gasteiger charge is -2.20. The van der Waals surface area contributed by atoms with Gasteiger partial charge in [-0.05, 0) is 26.0 Å². The van der Waals surface area contributed by atoms with E-state index in [0.717, 1.165) is 16.1 Å². The zero-order valence-electron chi connectivity index (χ0n) is 12.9. The molecule has 0 fully saturated rings. The van der Waals surface area contributed by atoms with E-state index in [1.165, 1.54) is 11.8 Å². The number of nitrogens with zero attached hydrogens (tertiary/aromatic N) is 2. The molecule has 1 aliphatic rings. The Kier molecular flexibility index (Phi) is 4.45. The van der Waals surface area contributed by atoms with Crippen LogP contribution in [0.2, 0.25) is 0 Å². The standard InChI is InChI=1S/C14H18N4O3S2/c1-10-17-14(2,9-22-10)23(19,20)18-15-8-7-13-16-11-5-3-4-6-12(11)21-13/h3-6,15,18H,7-9H2,1-2H3. The first-order chi connectivity index (χ1) is 10.9. The maximum Gasteiger partial charge on any atom is 0.250 e. The van der Waals surface area contributed by atoms with Crippen LogP contribution in [0.3, 0.4) is 0 Å². The van der Waals surface area contributed by atoms with Gasteiger partial charge in [-0.2, -0.15) is 0 Å². The molecule has 7 nitrogen and oxygen atoms in total. The predicted molar refractivity (Wildman–Crippen MR) is 91.7 cm³/mol. The number of nitrogens with one attached hydrogen (secondary N) is 2. The third kappa shape index (κ3) is 3.42. The Hall–Kier alpha value is -1.42. The van der Waals surface area contributed by atoms with Gasteiger partial charge in [0, 0.05) is 18.7 Å². The number of oxazole rings is 1. The van der Waals surface area contributed by atoms with Gasteiger partial charge < -0.3 is 4.42 Å². The van der Waals surface area contributed by atoms with Crippen LogP contribution < -0.4 is 10.3 Å². The molecule has 1 aromatic carbocycles. The number of aliphatic imine (C=N–C) groups is 1. The van der Waals surface area contributed by atoms with Crippen molar-refractivity contribution >= 4 is 37.9 Å².